The smallest absolute Gasteiger partial charge is 0.339 e. The highest BCUT2D eigenvalue weighted by Gasteiger charge is 2.29. The van der Waals surface area contributed by atoms with Crippen molar-refractivity contribution in [3.63, 3.8) is 0 Å². The van der Waals surface area contributed by atoms with Gasteiger partial charge in [0.15, 0.2) is 16.4 Å². The van der Waals surface area contributed by atoms with Crippen molar-refractivity contribution in [3.05, 3.63) is 54.1 Å². The number of ether oxygens (including phenoxy) is 1. The van der Waals surface area contributed by atoms with E-state index in [2.05, 4.69) is 10.3 Å². The van der Waals surface area contributed by atoms with Gasteiger partial charge in [-0.05, 0) is 24.6 Å². The molecule has 1 aliphatic heterocycles. The molecule has 1 fully saturated rings. The summed E-state index contributed by atoms with van der Waals surface area (Å²) < 4.78 is 29.1. The monoisotopic (exact) mass is 430 g/mol. The Balaban J connectivity index is 1.45. The molecule has 4 rings (SSSR count). The molecular weight excluding hydrogens is 412 g/mol. The van der Waals surface area contributed by atoms with E-state index in [-0.39, 0.29) is 11.5 Å². The third kappa shape index (κ3) is 4.46. The van der Waals surface area contributed by atoms with Gasteiger partial charge in [0.25, 0.3) is 5.91 Å². The number of esters is 1. The zero-order chi connectivity index (χ0) is 20.4. The van der Waals surface area contributed by atoms with Crippen molar-refractivity contribution in [2.75, 3.05) is 18.1 Å². The Bertz CT molecular complexity index is 1150. The summed E-state index contributed by atoms with van der Waals surface area (Å²) in [6, 6.07) is 14.2. The van der Waals surface area contributed by atoms with Gasteiger partial charge in [-0.3, -0.25) is 4.79 Å². The molecule has 1 aliphatic rings. The number of sulfone groups is 1. The molecule has 1 amide bonds. The largest absolute Gasteiger partial charge is 0.452 e. The van der Waals surface area contributed by atoms with Gasteiger partial charge in [-0.15, -0.1) is 11.3 Å². The molecule has 1 atom stereocenters. The van der Waals surface area contributed by atoms with E-state index < -0.39 is 34.4 Å². The van der Waals surface area contributed by atoms with Crippen molar-refractivity contribution in [2.24, 2.45) is 0 Å². The van der Waals surface area contributed by atoms with Gasteiger partial charge in [0, 0.05) is 11.6 Å². The predicted molar refractivity (Wildman–Crippen MR) is 111 cm³/mol. The van der Waals surface area contributed by atoms with Crippen LogP contribution in [0.15, 0.2) is 48.5 Å². The second-order valence-corrected chi connectivity index (χ2v) is 10.0. The molecule has 0 unspecified atom stereocenters. The minimum Gasteiger partial charge on any atom is -0.452 e. The molecule has 1 aromatic heterocycles. The van der Waals surface area contributed by atoms with Gasteiger partial charge in [0.05, 0.1) is 27.3 Å². The Morgan fingerprint density at radius 2 is 1.90 bits per heavy atom. The standard InChI is InChI=1S/C20H18N2O5S2/c23-18(21-13-9-10-29(25,26)12-13)11-27-20(24)15-6-2-1-5-14(15)19-22-16-7-3-4-8-17(16)28-19/h1-8,13H,9-12H2,(H,21,23)/t13-/m1/s1. The second-order valence-electron chi connectivity index (χ2n) is 6.78. The first-order chi connectivity index (χ1) is 13.9. The zero-order valence-electron chi connectivity index (χ0n) is 15.3. The second kappa shape index (κ2) is 7.92. The van der Waals surface area contributed by atoms with E-state index in [1.54, 1.807) is 18.2 Å². The maximum atomic E-state index is 12.6. The number of para-hydroxylation sites is 1. The fraction of sp³-hybridized carbons (Fsp3) is 0.250. The van der Waals surface area contributed by atoms with Crippen LogP contribution in [-0.4, -0.2) is 49.4 Å². The van der Waals surface area contributed by atoms with Gasteiger partial charge in [0.2, 0.25) is 0 Å². The van der Waals surface area contributed by atoms with E-state index in [0.717, 1.165) is 10.2 Å². The maximum Gasteiger partial charge on any atom is 0.339 e. The summed E-state index contributed by atoms with van der Waals surface area (Å²) in [7, 11) is -3.09. The lowest BCUT2D eigenvalue weighted by atomic mass is 10.1. The first kappa shape index (κ1) is 19.5. The molecule has 1 N–H and O–H groups in total. The van der Waals surface area contributed by atoms with Crippen molar-refractivity contribution in [1.29, 1.82) is 0 Å². The number of amides is 1. The summed E-state index contributed by atoms with van der Waals surface area (Å²) in [5.74, 6) is -1.16. The van der Waals surface area contributed by atoms with Gasteiger partial charge in [0.1, 0.15) is 5.01 Å². The summed E-state index contributed by atoms with van der Waals surface area (Å²) in [6.45, 7) is -0.469. The van der Waals surface area contributed by atoms with Crippen LogP contribution in [0.4, 0.5) is 0 Å². The van der Waals surface area contributed by atoms with E-state index in [9.17, 15) is 18.0 Å². The molecule has 2 aromatic carbocycles. The van der Waals surface area contributed by atoms with Crippen molar-refractivity contribution in [1.82, 2.24) is 10.3 Å². The van der Waals surface area contributed by atoms with Crippen molar-refractivity contribution in [2.45, 2.75) is 12.5 Å². The number of rotatable bonds is 5. The minimum absolute atomic E-state index is 0.0628. The predicted octanol–water partition coefficient (Wildman–Crippen LogP) is 2.42. The Hall–Kier alpha value is -2.78. The molecule has 1 saturated heterocycles. The van der Waals surface area contributed by atoms with Crippen LogP contribution in [0, 0.1) is 0 Å². The van der Waals surface area contributed by atoms with Crippen LogP contribution in [0.25, 0.3) is 20.8 Å². The summed E-state index contributed by atoms with van der Waals surface area (Å²) in [5, 5.41) is 3.29. The van der Waals surface area contributed by atoms with Crippen LogP contribution in [-0.2, 0) is 19.4 Å². The molecular formula is C20H18N2O5S2. The average Bonchev–Trinajstić information content (AvgIpc) is 3.28. The Kier molecular flexibility index (Phi) is 5.33. The number of aromatic nitrogens is 1. The van der Waals surface area contributed by atoms with E-state index >= 15 is 0 Å². The number of carbonyl (C=O) groups excluding carboxylic acids is 2. The molecule has 0 spiro atoms. The number of thiazole rings is 1. The molecule has 0 radical (unpaired) electrons. The highest BCUT2D eigenvalue weighted by Crippen LogP contribution is 2.32. The van der Waals surface area contributed by atoms with Crippen molar-refractivity contribution >= 4 is 43.3 Å². The van der Waals surface area contributed by atoms with E-state index in [4.69, 9.17) is 4.74 Å². The number of fused-ring (bicyclic) bond motifs is 1. The van der Waals surface area contributed by atoms with Gasteiger partial charge in [-0.1, -0.05) is 30.3 Å². The van der Waals surface area contributed by atoms with Gasteiger partial charge >= 0.3 is 5.97 Å². The molecule has 7 nitrogen and oxygen atoms in total. The third-order valence-electron chi connectivity index (χ3n) is 4.60. The Labute approximate surface area is 171 Å². The lowest BCUT2D eigenvalue weighted by molar-refractivity contribution is -0.124. The molecule has 0 saturated carbocycles. The lowest BCUT2D eigenvalue weighted by Crippen LogP contribution is -2.38. The number of carbonyl (C=O) groups is 2. The summed E-state index contributed by atoms with van der Waals surface area (Å²) >= 11 is 1.47. The zero-order valence-corrected chi connectivity index (χ0v) is 17.0. The molecule has 29 heavy (non-hydrogen) atoms. The Morgan fingerprint density at radius 1 is 1.14 bits per heavy atom. The normalized spacial score (nSPS) is 17.9. The summed E-state index contributed by atoms with van der Waals surface area (Å²) in [4.78, 5) is 29.2. The van der Waals surface area contributed by atoms with Gasteiger partial charge in [-0.2, -0.15) is 0 Å². The van der Waals surface area contributed by atoms with Crippen molar-refractivity contribution in [3.8, 4) is 10.6 Å². The minimum atomic E-state index is -3.09. The third-order valence-corrected chi connectivity index (χ3v) is 7.44. The van der Waals surface area contributed by atoms with E-state index in [0.29, 0.717) is 22.6 Å². The van der Waals surface area contributed by atoms with E-state index in [1.807, 2.05) is 30.3 Å². The summed E-state index contributed by atoms with van der Waals surface area (Å²) in [5.41, 5.74) is 1.81. The maximum absolute atomic E-state index is 12.6. The lowest BCUT2D eigenvalue weighted by Gasteiger charge is -2.11. The SMILES string of the molecule is O=C(COC(=O)c1ccccc1-c1nc2ccccc2s1)N[C@@H]1CCS(=O)(=O)C1. The van der Waals surface area contributed by atoms with Crippen LogP contribution in [0.3, 0.4) is 0 Å². The molecule has 9 heteroatoms. The van der Waals surface area contributed by atoms with Crippen LogP contribution >= 0.6 is 11.3 Å². The average molecular weight is 431 g/mol. The number of hydrogen-bond acceptors (Lipinski definition) is 7. The molecule has 0 aliphatic carbocycles. The van der Waals surface area contributed by atoms with Crippen molar-refractivity contribution < 1.29 is 22.7 Å². The van der Waals surface area contributed by atoms with Crippen LogP contribution in [0.2, 0.25) is 0 Å². The molecule has 2 heterocycles. The fourth-order valence-electron chi connectivity index (χ4n) is 3.22. The highest BCUT2D eigenvalue weighted by atomic mass is 32.2. The Morgan fingerprint density at radius 3 is 2.66 bits per heavy atom. The number of hydrogen-bond donors (Lipinski definition) is 1. The topological polar surface area (TPSA) is 102 Å². The summed E-state index contributed by atoms with van der Waals surface area (Å²) in [6.07, 6.45) is 0.377. The number of nitrogens with zero attached hydrogens (tertiary/aromatic N) is 1. The first-order valence-electron chi connectivity index (χ1n) is 9.03. The van der Waals surface area contributed by atoms with E-state index in [1.165, 1.54) is 11.3 Å². The van der Waals surface area contributed by atoms with Crippen LogP contribution in [0.1, 0.15) is 16.8 Å². The first-order valence-corrected chi connectivity index (χ1v) is 11.7. The number of benzene rings is 2. The fourth-order valence-corrected chi connectivity index (χ4v) is 5.90. The molecule has 3 aromatic rings. The van der Waals surface area contributed by atoms with Crippen LogP contribution < -0.4 is 5.32 Å². The molecule has 0 bridgehead atoms. The number of nitrogens with one attached hydrogen (secondary N) is 1. The van der Waals surface area contributed by atoms with Gasteiger partial charge in [-0.25, -0.2) is 18.2 Å². The van der Waals surface area contributed by atoms with Gasteiger partial charge < -0.3 is 10.1 Å². The highest BCUT2D eigenvalue weighted by molar-refractivity contribution is 7.91. The van der Waals surface area contributed by atoms with Crippen LogP contribution in [0.5, 0.6) is 0 Å². The quantitative estimate of drug-likeness (QED) is 0.624. The molecule has 150 valence electrons.